The fraction of sp³-hybridized carbons (Fsp3) is 0.455. The van der Waals surface area contributed by atoms with E-state index in [9.17, 15) is 17.2 Å². The summed E-state index contributed by atoms with van der Waals surface area (Å²) in [6.45, 7) is 0.786. The van der Waals surface area contributed by atoms with E-state index in [4.69, 9.17) is 21.5 Å². The van der Waals surface area contributed by atoms with Crippen LogP contribution in [0.3, 0.4) is 0 Å². The van der Waals surface area contributed by atoms with Crippen LogP contribution in [0.4, 0.5) is 5.69 Å². The number of primary sulfonamides is 1. The fourth-order valence-corrected chi connectivity index (χ4v) is 3.75. The second kappa shape index (κ2) is 6.59. The van der Waals surface area contributed by atoms with Gasteiger partial charge in [-0.25, -0.2) is 17.8 Å². The topological polar surface area (TPSA) is 110 Å². The van der Waals surface area contributed by atoms with Crippen molar-refractivity contribution in [1.82, 2.24) is 0 Å². The molecule has 0 spiro atoms. The van der Waals surface area contributed by atoms with Crippen LogP contribution >= 0.6 is 11.6 Å². The van der Waals surface area contributed by atoms with Crippen LogP contribution in [0.1, 0.15) is 12.8 Å². The van der Waals surface area contributed by atoms with Crippen LogP contribution in [0.25, 0.3) is 0 Å². The number of hydrogen-bond donors (Lipinski definition) is 2. The van der Waals surface area contributed by atoms with Crippen LogP contribution in [-0.2, 0) is 26.0 Å². The van der Waals surface area contributed by atoms with Crippen molar-refractivity contribution >= 4 is 38.6 Å². The molecule has 0 bridgehead atoms. The molecule has 1 aliphatic rings. The van der Waals surface area contributed by atoms with Gasteiger partial charge in [-0.05, 0) is 31.0 Å². The van der Waals surface area contributed by atoms with Gasteiger partial charge in [0.1, 0.15) is 4.90 Å². The van der Waals surface area contributed by atoms with Crippen molar-refractivity contribution in [3.05, 3.63) is 23.2 Å². The Labute approximate surface area is 130 Å². The highest BCUT2D eigenvalue weighted by Gasteiger charge is 2.24. The van der Waals surface area contributed by atoms with Crippen LogP contribution in [-0.4, -0.2) is 36.4 Å². The molecule has 1 aliphatic heterocycles. The van der Waals surface area contributed by atoms with Gasteiger partial charge in [0.2, 0.25) is 10.0 Å². The Bertz CT molecular complexity index is 646. The molecule has 2 atom stereocenters. The summed E-state index contributed by atoms with van der Waals surface area (Å²) in [5.74, 6) is 0. The quantitative estimate of drug-likeness (QED) is 0.769. The van der Waals surface area contributed by atoms with Crippen molar-refractivity contribution in [3.8, 4) is 0 Å². The first-order valence-corrected chi connectivity index (χ1v) is 9.10. The van der Waals surface area contributed by atoms with Crippen molar-refractivity contribution in [3.63, 3.8) is 0 Å². The van der Waals surface area contributed by atoms with Crippen LogP contribution in [0.2, 0.25) is 5.02 Å². The third kappa shape index (κ3) is 4.15. The summed E-state index contributed by atoms with van der Waals surface area (Å²) in [6.07, 6.45) is 1.50. The predicted molar refractivity (Wildman–Crippen MR) is 79.9 cm³/mol. The number of benzene rings is 1. The molecule has 2 rings (SSSR count). The van der Waals surface area contributed by atoms with E-state index in [1.807, 2.05) is 0 Å². The molecule has 1 fully saturated rings. The van der Waals surface area contributed by atoms with E-state index < -0.39 is 21.3 Å². The molecule has 2 unspecified atom stereocenters. The molecule has 21 heavy (non-hydrogen) atoms. The molecule has 0 aromatic heterocycles. The minimum atomic E-state index is -4.01. The zero-order valence-corrected chi connectivity index (χ0v) is 13.3. The number of nitrogens with two attached hydrogens (primary N) is 1. The zero-order valence-electron chi connectivity index (χ0n) is 10.9. The number of halogens is 1. The molecule has 3 N–H and O–H groups in total. The Morgan fingerprint density at radius 3 is 2.76 bits per heavy atom. The Balaban J connectivity index is 2.34. The van der Waals surface area contributed by atoms with E-state index in [1.165, 1.54) is 18.2 Å². The standard InChI is InChI=1S/C11H15ClN2O5S2/c12-10-4-3-8(6-11(10)21(13,17)18)14(20(15)16)7-9-2-1-5-19-9/h3-4,6,9H,1-2,5,7H2,(H,15,16)(H2,13,17,18). The van der Waals surface area contributed by atoms with Crippen molar-refractivity contribution < 1.29 is 21.9 Å². The highest BCUT2D eigenvalue weighted by atomic mass is 35.5. The van der Waals surface area contributed by atoms with E-state index >= 15 is 0 Å². The first kappa shape index (κ1) is 16.7. The minimum Gasteiger partial charge on any atom is -0.376 e. The van der Waals surface area contributed by atoms with E-state index in [0.717, 1.165) is 17.1 Å². The molecule has 0 saturated carbocycles. The van der Waals surface area contributed by atoms with Gasteiger partial charge < -0.3 is 4.74 Å². The summed E-state index contributed by atoms with van der Waals surface area (Å²) in [4.78, 5) is -0.288. The zero-order chi connectivity index (χ0) is 15.6. The Morgan fingerprint density at radius 1 is 1.52 bits per heavy atom. The van der Waals surface area contributed by atoms with E-state index in [0.29, 0.717) is 6.61 Å². The summed E-state index contributed by atoms with van der Waals surface area (Å²) < 4.78 is 50.4. The van der Waals surface area contributed by atoms with Gasteiger partial charge in [0, 0.05) is 6.61 Å². The van der Waals surface area contributed by atoms with Crippen LogP contribution < -0.4 is 9.44 Å². The lowest BCUT2D eigenvalue weighted by Gasteiger charge is -2.23. The number of nitrogens with zero attached hydrogens (tertiary/aromatic N) is 1. The lowest BCUT2D eigenvalue weighted by atomic mass is 10.2. The van der Waals surface area contributed by atoms with Crippen LogP contribution in [0, 0.1) is 0 Å². The second-order valence-electron chi connectivity index (χ2n) is 4.59. The van der Waals surface area contributed by atoms with Crippen molar-refractivity contribution in [1.29, 1.82) is 0 Å². The largest absolute Gasteiger partial charge is 0.376 e. The average molecular weight is 355 g/mol. The van der Waals surface area contributed by atoms with Gasteiger partial charge in [0.25, 0.3) is 11.3 Å². The third-order valence-corrected chi connectivity index (χ3v) is 5.22. The normalized spacial score (nSPS) is 20.4. The molecule has 0 aliphatic carbocycles. The summed E-state index contributed by atoms with van der Waals surface area (Å²) in [6, 6.07) is 3.97. The maximum atomic E-state index is 11.5. The molecule has 7 nitrogen and oxygen atoms in total. The fourth-order valence-electron chi connectivity index (χ4n) is 2.10. The third-order valence-electron chi connectivity index (χ3n) is 3.09. The highest BCUT2D eigenvalue weighted by Crippen LogP contribution is 2.28. The Morgan fingerprint density at radius 2 is 2.24 bits per heavy atom. The average Bonchev–Trinajstić information content (AvgIpc) is 2.88. The van der Waals surface area contributed by atoms with Crippen molar-refractivity contribution in [2.45, 2.75) is 23.8 Å². The van der Waals surface area contributed by atoms with Gasteiger partial charge >= 0.3 is 0 Å². The maximum absolute atomic E-state index is 11.5. The van der Waals surface area contributed by atoms with Gasteiger partial charge in [-0.1, -0.05) is 11.6 Å². The second-order valence-corrected chi connectivity index (χ2v) is 7.43. The maximum Gasteiger partial charge on any atom is 0.261 e. The van der Waals surface area contributed by atoms with Crippen molar-refractivity contribution in [2.75, 3.05) is 17.5 Å². The molecule has 118 valence electrons. The van der Waals surface area contributed by atoms with Crippen molar-refractivity contribution in [2.24, 2.45) is 5.14 Å². The molecule has 10 heteroatoms. The SMILES string of the molecule is NS(=O)(=O)c1cc(N(CC2CCCO2)S(=O)O)ccc1Cl. The Kier molecular flexibility index (Phi) is 5.23. The highest BCUT2D eigenvalue weighted by molar-refractivity contribution is 7.89. The predicted octanol–water partition coefficient (Wildman–Crippen LogP) is 1.11. The smallest absolute Gasteiger partial charge is 0.261 e. The molecule has 0 amide bonds. The van der Waals surface area contributed by atoms with Gasteiger partial charge in [-0.15, -0.1) is 0 Å². The summed E-state index contributed by atoms with van der Waals surface area (Å²) in [5.41, 5.74) is 0.236. The summed E-state index contributed by atoms with van der Waals surface area (Å²) in [5, 5.41) is 5.03. The van der Waals surface area contributed by atoms with Gasteiger partial charge in [0.05, 0.1) is 23.4 Å². The van der Waals surface area contributed by atoms with Crippen LogP contribution in [0.15, 0.2) is 23.1 Å². The molecule has 1 saturated heterocycles. The number of ether oxygens (including phenoxy) is 1. The molecule has 1 aromatic carbocycles. The summed E-state index contributed by atoms with van der Waals surface area (Å²) >= 11 is 3.48. The lowest BCUT2D eigenvalue weighted by molar-refractivity contribution is 0.118. The number of hydrogen-bond acceptors (Lipinski definition) is 4. The van der Waals surface area contributed by atoms with Gasteiger partial charge in [-0.3, -0.25) is 8.86 Å². The van der Waals surface area contributed by atoms with E-state index in [-0.39, 0.29) is 28.3 Å². The molecule has 1 aromatic rings. The molecule has 0 radical (unpaired) electrons. The number of sulfonamides is 1. The van der Waals surface area contributed by atoms with Gasteiger partial charge in [-0.2, -0.15) is 0 Å². The molecular weight excluding hydrogens is 340 g/mol. The monoisotopic (exact) mass is 354 g/mol. The van der Waals surface area contributed by atoms with Crippen LogP contribution in [0.5, 0.6) is 0 Å². The lowest BCUT2D eigenvalue weighted by Crippen LogP contribution is -2.33. The van der Waals surface area contributed by atoms with E-state index in [2.05, 4.69) is 0 Å². The number of anilines is 1. The first-order valence-electron chi connectivity index (χ1n) is 6.11. The Hall–Kier alpha value is -0.710. The summed E-state index contributed by atoms with van der Waals surface area (Å²) in [7, 11) is -4.01. The molecular formula is C11H15ClN2O5S2. The minimum absolute atomic E-state index is 0.0398. The molecule has 1 heterocycles. The first-order chi connectivity index (χ1) is 9.79. The van der Waals surface area contributed by atoms with Gasteiger partial charge in [0.15, 0.2) is 0 Å². The van der Waals surface area contributed by atoms with E-state index in [1.54, 1.807) is 0 Å². The number of rotatable bonds is 5.